The maximum atomic E-state index is 13.7. The minimum Gasteiger partial charge on any atom is -0.277 e. The van der Waals surface area contributed by atoms with Crippen molar-refractivity contribution in [2.24, 2.45) is 0 Å². The van der Waals surface area contributed by atoms with Crippen molar-refractivity contribution in [1.82, 2.24) is 9.80 Å². The number of hydrogen-bond donors (Lipinski definition) is 0. The SMILES string of the molecule is CN1C(=O)c2ccc3c4c(Sc5ccccc5)cc5c6c(ccc(c7c(Sc8ccccc8)cc(c2c37)C1=O)c64)C(=O)N(C)C5=O. The van der Waals surface area contributed by atoms with Crippen LogP contribution in [0.25, 0.3) is 43.1 Å². The summed E-state index contributed by atoms with van der Waals surface area (Å²) >= 11 is 3.10. The van der Waals surface area contributed by atoms with E-state index in [0.717, 1.165) is 51.9 Å². The summed E-state index contributed by atoms with van der Waals surface area (Å²) in [6.07, 6.45) is 0. The zero-order valence-electron chi connectivity index (χ0n) is 24.6. The molecule has 0 N–H and O–H groups in total. The molecule has 7 aromatic rings. The van der Waals surface area contributed by atoms with Gasteiger partial charge in [-0.05, 0) is 59.3 Å². The van der Waals surface area contributed by atoms with Gasteiger partial charge in [-0.15, -0.1) is 0 Å². The fourth-order valence-electron chi connectivity index (χ4n) is 7.03. The topological polar surface area (TPSA) is 74.8 Å². The summed E-state index contributed by atoms with van der Waals surface area (Å²) in [4.78, 5) is 60.6. The highest BCUT2D eigenvalue weighted by Gasteiger charge is 2.36. The van der Waals surface area contributed by atoms with E-state index in [-0.39, 0.29) is 23.6 Å². The number of carbonyl (C=O) groups is 4. The highest BCUT2D eigenvalue weighted by Crippen LogP contribution is 2.52. The van der Waals surface area contributed by atoms with E-state index in [4.69, 9.17) is 0 Å². The largest absolute Gasteiger partial charge is 0.277 e. The van der Waals surface area contributed by atoms with Crippen LogP contribution in [0.2, 0.25) is 0 Å². The van der Waals surface area contributed by atoms with Gasteiger partial charge < -0.3 is 0 Å². The molecule has 0 unspecified atom stereocenters. The second-order valence-electron chi connectivity index (χ2n) is 11.6. The molecule has 4 amide bonds. The van der Waals surface area contributed by atoms with E-state index in [0.29, 0.717) is 33.0 Å². The lowest BCUT2D eigenvalue weighted by Crippen LogP contribution is -2.37. The standard InChI is InChI=1S/C38H22N2O4S2/c1-39-35(41)23-15-13-21-32-28(46-20-11-7-4-8-12-20)18-26-30-24(36(42)40(2)38(26)44)16-14-22(34(30)32)31-27(45-19-9-5-3-6-10-19)17-25(37(39)43)29(23)33(21)31/h3-18H,1-2H3. The Labute approximate surface area is 271 Å². The molecule has 0 spiro atoms. The molecule has 2 aliphatic heterocycles. The molecule has 0 radical (unpaired) electrons. The lowest BCUT2D eigenvalue weighted by atomic mass is 9.82. The van der Waals surface area contributed by atoms with Gasteiger partial charge in [0, 0.05) is 88.2 Å². The van der Waals surface area contributed by atoms with Crippen molar-refractivity contribution in [1.29, 1.82) is 0 Å². The average Bonchev–Trinajstić information content (AvgIpc) is 3.08. The lowest BCUT2D eigenvalue weighted by Gasteiger charge is -2.29. The molecule has 46 heavy (non-hydrogen) atoms. The van der Waals surface area contributed by atoms with Gasteiger partial charge in [-0.1, -0.05) is 72.1 Å². The lowest BCUT2D eigenvalue weighted by molar-refractivity contribution is 0.0635. The number of benzene rings is 7. The normalized spacial score (nSPS) is 14.6. The summed E-state index contributed by atoms with van der Waals surface area (Å²) in [5.74, 6) is -1.37. The van der Waals surface area contributed by atoms with Crippen LogP contribution < -0.4 is 0 Å². The minimum absolute atomic E-state index is 0.340. The number of carbonyl (C=O) groups excluding carboxylic acids is 4. The number of nitrogens with zero attached hydrogens (tertiary/aromatic N) is 2. The summed E-state index contributed by atoms with van der Waals surface area (Å²) in [5, 5.41) is 6.45. The first kappa shape index (κ1) is 27.2. The van der Waals surface area contributed by atoms with Gasteiger partial charge in [-0.2, -0.15) is 0 Å². The Balaban J connectivity index is 1.53. The van der Waals surface area contributed by atoms with Crippen molar-refractivity contribution >= 4 is 90.2 Å². The van der Waals surface area contributed by atoms with Crippen LogP contribution in [0.1, 0.15) is 41.4 Å². The molecule has 220 valence electrons. The molecular weight excluding hydrogens is 613 g/mol. The Morgan fingerprint density at radius 2 is 0.783 bits per heavy atom. The molecule has 9 rings (SSSR count). The predicted octanol–water partition coefficient (Wildman–Crippen LogP) is 8.49. The van der Waals surface area contributed by atoms with Gasteiger partial charge >= 0.3 is 0 Å². The van der Waals surface area contributed by atoms with Crippen LogP contribution in [0.5, 0.6) is 0 Å². The van der Waals surface area contributed by atoms with E-state index >= 15 is 0 Å². The number of imide groups is 2. The molecule has 2 aliphatic rings. The van der Waals surface area contributed by atoms with Crippen molar-refractivity contribution in [2.75, 3.05) is 14.1 Å². The summed E-state index contributed by atoms with van der Waals surface area (Å²) in [6, 6.07) is 31.3. The molecule has 0 bridgehead atoms. The number of hydrogen-bond acceptors (Lipinski definition) is 6. The first-order chi connectivity index (χ1) is 22.3. The molecular formula is C38H22N2O4S2. The van der Waals surface area contributed by atoms with Crippen molar-refractivity contribution < 1.29 is 19.2 Å². The summed E-state index contributed by atoms with van der Waals surface area (Å²) in [5.41, 5.74) is 1.92. The minimum atomic E-state index is -0.342. The zero-order chi connectivity index (χ0) is 31.4. The second-order valence-corrected chi connectivity index (χ2v) is 13.8. The third kappa shape index (κ3) is 3.56. The van der Waals surface area contributed by atoms with Crippen molar-refractivity contribution in [2.45, 2.75) is 19.6 Å². The first-order valence-corrected chi connectivity index (χ1v) is 16.4. The molecule has 0 atom stereocenters. The van der Waals surface area contributed by atoms with E-state index in [2.05, 4.69) is 0 Å². The highest BCUT2D eigenvalue weighted by molar-refractivity contribution is 8.00. The molecule has 6 nitrogen and oxygen atoms in total. The van der Waals surface area contributed by atoms with Crippen LogP contribution in [0.4, 0.5) is 0 Å². The van der Waals surface area contributed by atoms with Gasteiger partial charge in [0.25, 0.3) is 23.6 Å². The first-order valence-electron chi connectivity index (χ1n) is 14.7. The maximum absolute atomic E-state index is 13.7. The van der Waals surface area contributed by atoms with Gasteiger partial charge in [0.1, 0.15) is 0 Å². The fraction of sp³-hybridized carbons (Fsp3) is 0.0526. The average molecular weight is 635 g/mol. The smallest absolute Gasteiger partial charge is 0.261 e. The Kier molecular flexibility index (Phi) is 5.70. The number of fused-ring (bicyclic) bond motifs is 2. The van der Waals surface area contributed by atoms with E-state index < -0.39 is 0 Å². The van der Waals surface area contributed by atoms with E-state index in [1.165, 1.54) is 23.9 Å². The molecule has 0 aliphatic carbocycles. The third-order valence-electron chi connectivity index (χ3n) is 9.11. The van der Waals surface area contributed by atoms with Gasteiger partial charge in [-0.3, -0.25) is 29.0 Å². The van der Waals surface area contributed by atoms with E-state index in [9.17, 15) is 19.2 Å². The van der Waals surface area contributed by atoms with Crippen molar-refractivity contribution in [3.05, 3.63) is 119 Å². The van der Waals surface area contributed by atoms with Crippen LogP contribution in [-0.2, 0) is 0 Å². The Bertz CT molecular complexity index is 2350. The molecule has 0 aromatic heterocycles. The van der Waals surface area contributed by atoms with Crippen LogP contribution in [0.3, 0.4) is 0 Å². The zero-order valence-corrected chi connectivity index (χ0v) is 26.2. The Morgan fingerprint density at radius 3 is 1.17 bits per heavy atom. The molecule has 0 fully saturated rings. The molecule has 0 saturated carbocycles. The van der Waals surface area contributed by atoms with E-state index in [1.807, 2.05) is 97.1 Å². The predicted molar refractivity (Wildman–Crippen MR) is 182 cm³/mol. The summed E-state index contributed by atoms with van der Waals surface area (Å²) in [7, 11) is 3.04. The van der Waals surface area contributed by atoms with Gasteiger partial charge in [0.05, 0.1) is 0 Å². The van der Waals surface area contributed by atoms with Gasteiger partial charge in [0.15, 0.2) is 0 Å². The van der Waals surface area contributed by atoms with Gasteiger partial charge in [-0.25, -0.2) is 0 Å². The summed E-state index contributed by atoms with van der Waals surface area (Å²) < 4.78 is 0. The highest BCUT2D eigenvalue weighted by atomic mass is 32.2. The third-order valence-corrected chi connectivity index (χ3v) is 11.2. The molecule has 0 saturated heterocycles. The fourth-order valence-corrected chi connectivity index (χ4v) is 9.10. The number of rotatable bonds is 4. The van der Waals surface area contributed by atoms with Crippen LogP contribution in [0, 0.1) is 0 Å². The Hall–Kier alpha value is -5.18. The van der Waals surface area contributed by atoms with Crippen LogP contribution in [0.15, 0.2) is 117 Å². The maximum Gasteiger partial charge on any atom is 0.261 e. The summed E-state index contributed by atoms with van der Waals surface area (Å²) in [6.45, 7) is 0. The van der Waals surface area contributed by atoms with Gasteiger partial charge in [0.2, 0.25) is 0 Å². The van der Waals surface area contributed by atoms with Crippen molar-refractivity contribution in [3.63, 3.8) is 0 Å². The number of amides is 4. The molecule has 8 heteroatoms. The second kappa shape index (κ2) is 9.66. The Morgan fingerprint density at radius 1 is 0.413 bits per heavy atom. The van der Waals surface area contributed by atoms with E-state index in [1.54, 1.807) is 23.5 Å². The van der Waals surface area contributed by atoms with Crippen LogP contribution >= 0.6 is 23.5 Å². The molecule has 2 heterocycles. The quantitative estimate of drug-likeness (QED) is 0.110. The monoisotopic (exact) mass is 634 g/mol. The molecule has 7 aromatic carbocycles. The van der Waals surface area contributed by atoms with Crippen molar-refractivity contribution in [3.8, 4) is 0 Å². The van der Waals surface area contributed by atoms with Crippen LogP contribution in [-0.4, -0.2) is 47.5 Å².